The molecule has 0 saturated carbocycles. The first-order valence-electron chi connectivity index (χ1n) is 6.76. The van der Waals surface area contributed by atoms with E-state index in [1.165, 1.54) is 5.56 Å². The minimum Gasteiger partial charge on any atom is -0.493 e. The molecule has 0 amide bonds. The van der Waals surface area contributed by atoms with E-state index in [1.807, 2.05) is 38.1 Å². The van der Waals surface area contributed by atoms with Gasteiger partial charge in [0, 0.05) is 18.0 Å². The van der Waals surface area contributed by atoms with Crippen LogP contribution in [-0.2, 0) is 4.79 Å². The Morgan fingerprint density at radius 1 is 1.47 bits per heavy atom. The van der Waals surface area contributed by atoms with Crippen molar-refractivity contribution in [2.24, 2.45) is 5.92 Å². The lowest BCUT2D eigenvalue weighted by molar-refractivity contribution is -0.139. The summed E-state index contributed by atoms with van der Waals surface area (Å²) in [7, 11) is 0. The third kappa shape index (κ3) is 3.47. The Morgan fingerprint density at radius 2 is 2.21 bits per heavy atom. The van der Waals surface area contributed by atoms with E-state index in [0.29, 0.717) is 25.5 Å². The number of hydrogen-bond donors (Lipinski definition) is 2. The highest BCUT2D eigenvalue weighted by atomic mass is 16.5. The van der Waals surface area contributed by atoms with Crippen molar-refractivity contribution in [2.75, 3.05) is 13.2 Å². The second kappa shape index (κ2) is 6.06. The number of fused-ring (bicyclic) bond motifs is 1. The van der Waals surface area contributed by atoms with Gasteiger partial charge in [0.25, 0.3) is 0 Å². The van der Waals surface area contributed by atoms with Crippen LogP contribution < -0.4 is 10.1 Å². The summed E-state index contributed by atoms with van der Waals surface area (Å²) in [6.07, 6.45) is 0.643. The maximum Gasteiger partial charge on any atom is 0.320 e. The number of carbonyl (C=O) groups is 1. The van der Waals surface area contributed by atoms with Gasteiger partial charge in [0.1, 0.15) is 11.8 Å². The molecule has 1 aromatic carbocycles. The zero-order valence-corrected chi connectivity index (χ0v) is 11.4. The first-order chi connectivity index (χ1) is 9.08. The van der Waals surface area contributed by atoms with E-state index in [4.69, 9.17) is 4.74 Å². The summed E-state index contributed by atoms with van der Waals surface area (Å²) >= 11 is 0. The van der Waals surface area contributed by atoms with E-state index in [1.54, 1.807) is 0 Å². The molecule has 2 unspecified atom stereocenters. The van der Waals surface area contributed by atoms with Gasteiger partial charge in [0.2, 0.25) is 0 Å². The zero-order valence-electron chi connectivity index (χ0n) is 11.4. The van der Waals surface area contributed by atoms with Crippen molar-refractivity contribution >= 4 is 5.97 Å². The Labute approximate surface area is 113 Å². The highest BCUT2D eigenvalue weighted by Gasteiger charge is 2.26. The van der Waals surface area contributed by atoms with Gasteiger partial charge >= 0.3 is 5.97 Å². The topological polar surface area (TPSA) is 58.6 Å². The number of carboxylic acid groups (broad SMARTS) is 1. The largest absolute Gasteiger partial charge is 0.493 e. The molecular formula is C15H21NO3. The maximum absolute atomic E-state index is 11.2. The van der Waals surface area contributed by atoms with Gasteiger partial charge in [-0.1, -0.05) is 32.0 Å². The summed E-state index contributed by atoms with van der Waals surface area (Å²) < 4.78 is 5.60. The van der Waals surface area contributed by atoms with Crippen LogP contribution in [0.5, 0.6) is 5.75 Å². The molecule has 0 aliphatic carbocycles. The maximum atomic E-state index is 11.2. The summed E-state index contributed by atoms with van der Waals surface area (Å²) in [5, 5.41) is 12.4. The molecule has 4 heteroatoms. The Kier molecular flexibility index (Phi) is 4.43. The van der Waals surface area contributed by atoms with Crippen molar-refractivity contribution in [3.63, 3.8) is 0 Å². The molecule has 0 fully saturated rings. The van der Waals surface area contributed by atoms with E-state index in [2.05, 4.69) is 5.32 Å². The highest BCUT2D eigenvalue weighted by Crippen LogP contribution is 2.32. The molecule has 2 rings (SSSR count). The van der Waals surface area contributed by atoms with Crippen molar-refractivity contribution in [3.8, 4) is 5.75 Å². The summed E-state index contributed by atoms with van der Waals surface area (Å²) in [5.74, 6) is 0.747. The second-order valence-corrected chi connectivity index (χ2v) is 5.47. The van der Waals surface area contributed by atoms with Crippen LogP contribution in [0.3, 0.4) is 0 Å². The molecule has 1 aliphatic heterocycles. The van der Waals surface area contributed by atoms with Crippen LogP contribution in [0.15, 0.2) is 24.3 Å². The summed E-state index contributed by atoms with van der Waals surface area (Å²) in [4.78, 5) is 11.2. The summed E-state index contributed by atoms with van der Waals surface area (Å²) in [6.45, 7) is 5.33. The molecule has 1 aromatic rings. The molecule has 104 valence electrons. The van der Waals surface area contributed by atoms with E-state index in [9.17, 15) is 9.90 Å². The Bertz CT molecular complexity index is 445. The Balaban J connectivity index is 1.93. The highest BCUT2D eigenvalue weighted by molar-refractivity contribution is 5.73. The molecule has 0 bridgehead atoms. The number of hydrogen-bond acceptors (Lipinski definition) is 3. The van der Waals surface area contributed by atoms with Gasteiger partial charge < -0.3 is 15.2 Å². The first-order valence-corrected chi connectivity index (χ1v) is 6.76. The van der Waals surface area contributed by atoms with Gasteiger partial charge in [-0.25, -0.2) is 0 Å². The van der Waals surface area contributed by atoms with Gasteiger partial charge in [-0.05, 0) is 18.4 Å². The monoisotopic (exact) mass is 263 g/mol. The lowest BCUT2D eigenvalue weighted by atomic mass is 9.99. The third-order valence-electron chi connectivity index (χ3n) is 3.41. The number of para-hydroxylation sites is 1. The van der Waals surface area contributed by atoms with Gasteiger partial charge in [-0.2, -0.15) is 0 Å². The summed E-state index contributed by atoms with van der Waals surface area (Å²) in [5.41, 5.74) is 1.17. The fourth-order valence-corrected chi connectivity index (χ4v) is 2.43. The lowest BCUT2D eigenvalue weighted by Crippen LogP contribution is -2.40. The Morgan fingerprint density at radius 3 is 2.89 bits per heavy atom. The van der Waals surface area contributed by atoms with Crippen LogP contribution in [0.1, 0.15) is 31.7 Å². The SMILES string of the molecule is CC(C)CC(NCC1COc2ccccc21)C(=O)O. The number of aliphatic carboxylic acids is 1. The molecule has 0 saturated heterocycles. The van der Waals surface area contributed by atoms with E-state index in [0.717, 1.165) is 5.75 Å². The molecule has 4 nitrogen and oxygen atoms in total. The second-order valence-electron chi connectivity index (χ2n) is 5.47. The quantitative estimate of drug-likeness (QED) is 0.826. The van der Waals surface area contributed by atoms with Crippen molar-refractivity contribution in [3.05, 3.63) is 29.8 Å². The zero-order chi connectivity index (χ0) is 13.8. The average Bonchev–Trinajstić information content (AvgIpc) is 2.77. The van der Waals surface area contributed by atoms with Crippen LogP contribution in [0, 0.1) is 5.92 Å². The minimum atomic E-state index is -0.777. The molecule has 0 spiro atoms. The van der Waals surface area contributed by atoms with Gasteiger partial charge in [0.05, 0.1) is 6.61 Å². The van der Waals surface area contributed by atoms with Crippen LogP contribution >= 0.6 is 0 Å². The average molecular weight is 263 g/mol. The summed E-state index contributed by atoms with van der Waals surface area (Å²) in [6, 6.07) is 7.47. The molecule has 1 aliphatic rings. The van der Waals surface area contributed by atoms with Gasteiger partial charge in [0.15, 0.2) is 0 Å². The Hall–Kier alpha value is -1.55. The van der Waals surface area contributed by atoms with Gasteiger partial charge in [-0.3, -0.25) is 4.79 Å². The fraction of sp³-hybridized carbons (Fsp3) is 0.533. The van der Waals surface area contributed by atoms with Crippen LogP contribution in [0.4, 0.5) is 0 Å². The molecular weight excluding hydrogens is 242 g/mol. The van der Waals surface area contributed by atoms with Crippen LogP contribution in [0.2, 0.25) is 0 Å². The fourth-order valence-electron chi connectivity index (χ4n) is 2.43. The van der Waals surface area contributed by atoms with Crippen molar-refractivity contribution < 1.29 is 14.6 Å². The lowest BCUT2D eigenvalue weighted by Gasteiger charge is -2.18. The molecule has 0 radical (unpaired) electrons. The predicted octanol–water partition coefficient (Wildman–Crippen LogP) is 2.25. The molecule has 2 N–H and O–H groups in total. The standard InChI is InChI=1S/C15H21NO3/c1-10(2)7-13(15(17)18)16-8-11-9-19-14-6-4-3-5-12(11)14/h3-6,10-11,13,16H,7-9H2,1-2H3,(H,17,18). The minimum absolute atomic E-state index is 0.241. The number of rotatable bonds is 6. The van der Waals surface area contributed by atoms with Gasteiger partial charge in [-0.15, -0.1) is 0 Å². The first kappa shape index (κ1) is 13.9. The number of nitrogens with one attached hydrogen (secondary N) is 1. The number of carboxylic acids is 1. The predicted molar refractivity (Wildman–Crippen MR) is 73.6 cm³/mol. The van der Waals surface area contributed by atoms with E-state index >= 15 is 0 Å². The number of benzene rings is 1. The third-order valence-corrected chi connectivity index (χ3v) is 3.41. The smallest absolute Gasteiger partial charge is 0.320 e. The number of ether oxygens (including phenoxy) is 1. The van der Waals surface area contributed by atoms with E-state index in [-0.39, 0.29) is 5.92 Å². The van der Waals surface area contributed by atoms with Crippen LogP contribution in [-0.4, -0.2) is 30.3 Å². The van der Waals surface area contributed by atoms with Crippen molar-refractivity contribution in [1.82, 2.24) is 5.32 Å². The van der Waals surface area contributed by atoms with Crippen molar-refractivity contribution in [2.45, 2.75) is 32.2 Å². The molecule has 19 heavy (non-hydrogen) atoms. The van der Waals surface area contributed by atoms with E-state index < -0.39 is 12.0 Å². The molecule has 2 atom stereocenters. The molecule has 0 aromatic heterocycles. The normalized spacial score (nSPS) is 19.0. The van der Waals surface area contributed by atoms with Crippen molar-refractivity contribution in [1.29, 1.82) is 0 Å². The van der Waals surface area contributed by atoms with Crippen LogP contribution in [0.25, 0.3) is 0 Å². The molecule has 1 heterocycles.